The van der Waals surface area contributed by atoms with E-state index in [0.717, 1.165) is 16.5 Å². The molecule has 5 nitrogen and oxygen atoms in total. The van der Waals surface area contributed by atoms with Gasteiger partial charge in [-0.2, -0.15) is 0 Å². The zero-order valence-corrected chi connectivity index (χ0v) is 13.8. The summed E-state index contributed by atoms with van der Waals surface area (Å²) >= 11 is 1.55. The van der Waals surface area contributed by atoms with Crippen LogP contribution in [-0.4, -0.2) is 22.4 Å². The molecule has 0 saturated carbocycles. The Morgan fingerprint density at radius 1 is 1.17 bits per heavy atom. The largest absolute Gasteiger partial charge is 0.485 e. The van der Waals surface area contributed by atoms with Crippen LogP contribution in [0.4, 0.5) is 0 Å². The van der Waals surface area contributed by atoms with Gasteiger partial charge in [-0.3, -0.25) is 9.78 Å². The molecule has 1 amide bonds. The molecule has 3 rings (SSSR count). The number of thiazole rings is 1. The summed E-state index contributed by atoms with van der Waals surface area (Å²) in [4.78, 5) is 20.5. The maximum Gasteiger partial charge on any atom is 0.251 e. The van der Waals surface area contributed by atoms with Crippen LogP contribution in [0.15, 0.2) is 60.2 Å². The van der Waals surface area contributed by atoms with Gasteiger partial charge in [-0.1, -0.05) is 18.2 Å². The van der Waals surface area contributed by atoms with Crippen molar-refractivity contribution in [2.75, 3.05) is 6.54 Å². The highest BCUT2D eigenvalue weighted by Gasteiger charge is 2.06. The first-order valence-corrected chi connectivity index (χ1v) is 8.48. The minimum atomic E-state index is -0.0639. The smallest absolute Gasteiger partial charge is 0.251 e. The summed E-state index contributed by atoms with van der Waals surface area (Å²) in [6, 6.07) is 12.9. The zero-order valence-electron chi connectivity index (χ0n) is 13.0. The fourth-order valence-electron chi connectivity index (χ4n) is 2.10. The SMILES string of the molecule is O=C(NCCc1csc(COc2cccnc2)n1)c1ccccc1. The Labute approximate surface area is 144 Å². The van der Waals surface area contributed by atoms with E-state index in [1.54, 1.807) is 35.9 Å². The molecule has 0 aliphatic carbocycles. The number of benzene rings is 1. The number of rotatable bonds is 7. The molecule has 0 unspecified atom stereocenters. The number of nitrogens with zero attached hydrogens (tertiary/aromatic N) is 2. The van der Waals surface area contributed by atoms with Crippen LogP contribution in [0.1, 0.15) is 21.1 Å². The third kappa shape index (κ3) is 4.63. The van der Waals surface area contributed by atoms with Crippen LogP contribution in [0.5, 0.6) is 5.75 Å². The first kappa shape index (κ1) is 16.1. The highest BCUT2D eigenvalue weighted by molar-refractivity contribution is 7.09. The third-order valence-corrected chi connectivity index (χ3v) is 4.17. The van der Waals surface area contributed by atoms with Gasteiger partial charge in [-0.25, -0.2) is 4.98 Å². The van der Waals surface area contributed by atoms with Crippen molar-refractivity contribution in [2.24, 2.45) is 0 Å². The number of carbonyl (C=O) groups is 1. The molecule has 1 aromatic carbocycles. The molecular formula is C18H17N3O2S. The number of hydrogen-bond acceptors (Lipinski definition) is 5. The molecular weight excluding hydrogens is 322 g/mol. The van der Waals surface area contributed by atoms with E-state index in [9.17, 15) is 4.79 Å². The molecule has 0 radical (unpaired) electrons. The Balaban J connectivity index is 1.44. The van der Waals surface area contributed by atoms with Crippen LogP contribution >= 0.6 is 11.3 Å². The normalized spacial score (nSPS) is 10.3. The first-order chi connectivity index (χ1) is 11.8. The molecule has 0 saturated heterocycles. The van der Waals surface area contributed by atoms with E-state index in [4.69, 9.17) is 4.74 Å². The van der Waals surface area contributed by atoms with Crippen molar-refractivity contribution in [2.45, 2.75) is 13.0 Å². The van der Waals surface area contributed by atoms with Gasteiger partial charge in [-0.15, -0.1) is 11.3 Å². The van der Waals surface area contributed by atoms with Crippen molar-refractivity contribution in [1.82, 2.24) is 15.3 Å². The quantitative estimate of drug-likeness (QED) is 0.718. The number of pyridine rings is 1. The Bertz CT molecular complexity index is 775. The van der Waals surface area contributed by atoms with Gasteiger partial charge in [-0.05, 0) is 24.3 Å². The van der Waals surface area contributed by atoms with Crippen LogP contribution in [0.2, 0.25) is 0 Å². The number of aromatic nitrogens is 2. The van der Waals surface area contributed by atoms with E-state index >= 15 is 0 Å². The van der Waals surface area contributed by atoms with Gasteiger partial charge < -0.3 is 10.1 Å². The van der Waals surface area contributed by atoms with Crippen LogP contribution < -0.4 is 10.1 Å². The minimum Gasteiger partial charge on any atom is -0.485 e. The van der Waals surface area contributed by atoms with Crippen molar-refractivity contribution < 1.29 is 9.53 Å². The summed E-state index contributed by atoms with van der Waals surface area (Å²) in [7, 11) is 0. The lowest BCUT2D eigenvalue weighted by Crippen LogP contribution is -2.25. The Morgan fingerprint density at radius 3 is 2.83 bits per heavy atom. The highest BCUT2D eigenvalue weighted by atomic mass is 32.1. The second-order valence-electron chi connectivity index (χ2n) is 5.08. The van der Waals surface area contributed by atoms with Gasteiger partial charge in [0.05, 0.1) is 11.9 Å². The number of amides is 1. The summed E-state index contributed by atoms with van der Waals surface area (Å²) in [6.07, 6.45) is 4.08. The Morgan fingerprint density at radius 2 is 2.04 bits per heavy atom. The van der Waals surface area contributed by atoms with Crippen LogP contribution in [0, 0.1) is 0 Å². The minimum absolute atomic E-state index is 0.0639. The lowest BCUT2D eigenvalue weighted by Gasteiger charge is -2.04. The fourth-order valence-corrected chi connectivity index (χ4v) is 2.84. The third-order valence-electron chi connectivity index (χ3n) is 3.30. The lowest BCUT2D eigenvalue weighted by atomic mass is 10.2. The number of carbonyl (C=O) groups excluding carboxylic acids is 1. The number of hydrogen-bond donors (Lipinski definition) is 1. The molecule has 0 aliphatic rings. The lowest BCUT2D eigenvalue weighted by molar-refractivity contribution is 0.0954. The maximum absolute atomic E-state index is 11.9. The number of nitrogens with one attached hydrogen (secondary N) is 1. The second kappa shape index (κ2) is 8.21. The predicted molar refractivity (Wildman–Crippen MR) is 93.2 cm³/mol. The molecule has 2 aromatic heterocycles. The van der Waals surface area contributed by atoms with Gasteiger partial charge in [0.15, 0.2) is 0 Å². The van der Waals surface area contributed by atoms with E-state index in [-0.39, 0.29) is 5.91 Å². The summed E-state index contributed by atoms with van der Waals surface area (Å²) < 4.78 is 5.62. The zero-order chi connectivity index (χ0) is 16.6. The van der Waals surface area contributed by atoms with Gasteiger partial charge in [0.1, 0.15) is 17.4 Å². The molecule has 1 N–H and O–H groups in total. The monoisotopic (exact) mass is 339 g/mol. The van der Waals surface area contributed by atoms with Crippen LogP contribution in [0.25, 0.3) is 0 Å². The van der Waals surface area contributed by atoms with Crippen molar-refractivity contribution in [3.63, 3.8) is 0 Å². The standard InChI is InChI=1S/C18H17N3O2S/c22-18(14-5-2-1-3-6-14)20-10-8-15-13-24-17(21-15)12-23-16-7-4-9-19-11-16/h1-7,9,11,13H,8,10,12H2,(H,20,22). The maximum atomic E-state index is 11.9. The van der Waals surface area contributed by atoms with Crippen LogP contribution in [0.3, 0.4) is 0 Å². The van der Waals surface area contributed by atoms with Gasteiger partial charge in [0.25, 0.3) is 5.91 Å². The average molecular weight is 339 g/mol. The van der Waals surface area contributed by atoms with Crippen molar-refractivity contribution in [3.8, 4) is 5.75 Å². The Hall–Kier alpha value is -2.73. The molecule has 0 aliphatic heterocycles. The van der Waals surface area contributed by atoms with E-state index < -0.39 is 0 Å². The topological polar surface area (TPSA) is 64.1 Å². The Kier molecular flexibility index (Phi) is 5.52. The molecule has 0 bridgehead atoms. The van der Waals surface area contributed by atoms with Crippen molar-refractivity contribution >= 4 is 17.2 Å². The van der Waals surface area contributed by atoms with E-state index in [1.165, 1.54) is 0 Å². The molecule has 2 heterocycles. The molecule has 0 fully saturated rings. The predicted octanol–water partition coefficient (Wildman–Crippen LogP) is 3.09. The fraction of sp³-hybridized carbons (Fsp3) is 0.167. The number of ether oxygens (including phenoxy) is 1. The molecule has 6 heteroatoms. The molecule has 0 spiro atoms. The molecule has 0 atom stereocenters. The van der Waals surface area contributed by atoms with Gasteiger partial charge in [0, 0.05) is 30.1 Å². The van der Waals surface area contributed by atoms with Crippen molar-refractivity contribution in [1.29, 1.82) is 0 Å². The summed E-state index contributed by atoms with van der Waals surface area (Å²) in [5.74, 6) is 0.662. The highest BCUT2D eigenvalue weighted by Crippen LogP contribution is 2.14. The van der Waals surface area contributed by atoms with Gasteiger partial charge in [0.2, 0.25) is 0 Å². The summed E-state index contributed by atoms with van der Waals surface area (Å²) in [6.45, 7) is 0.979. The van der Waals surface area contributed by atoms with Crippen molar-refractivity contribution in [3.05, 3.63) is 76.5 Å². The molecule has 122 valence electrons. The second-order valence-corrected chi connectivity index (χ2v) is 6.02. The first-order valence-electron chi connectivity index (χ1n) is 7.60. The average Bonchev–Trinajstić information content (AvgIpc) is 3.09. The summed E-state index contributed by atoms with van der Waals surface area (Å²) in [5, 5.41) is 5.80. The van der Waals surface area contributed by atoms with Gasteiger partial charge >= 0.3 is 0 Å². The van der Waals surface area contributed by atoms with E-state index in [1.807, 2.05) is 35.7 Å². The molecule has 3 aromatic rings. The van der Waals surface area contributed by atoms with E-state index in [2.05, 4.69) is 15.3 Å². The summed E-state index contributed by atoms with van der Waals surface area (Å²) in [5.41, 5.74) is 1.62. The molecule has 24 heavy (non-hydrogen) atoms. The van der Waals surface area contributed by atoms with Crippen LogP contribution in [-0.2, 0) is 13.0 Å². The van der Waals surface area contributed by atoms with E-state index in [0.29, 0.717) is 25.1 Å².